The Morgan fingerprint density at radius 1 is 0.925 bits per heavy atom. The molecular weight excluding hydrogens is 535 g/mol. The van der Waals surface area contributed by atoms with Crippen molar-refractivity contribution < 1.29 is 9.36 Å². The number of carbonyl (C=O) groups is 1. The number of aromatic nitrogens is 2. The SMILES string of the molecule is C=CCn1c(=O)/c(=C/N(C(C)=O)c2ccccc2)s/c1=C\c1sc(-c2ccccc2)c(-c2ccccc2)[n+]1CC. The van der Waals surface area contributed by atoms with Gasteiger partial charge in [-0.3, -0.25) is 19.1 Å². The molecule has 40 heavy (non-hydrogen) atoms. The van der Waals surface area contributed by atoms with Crippen LogP contribution in [0.1, 0.15) is 18.9 Å². The minimum Gasteiger partial charge on any atom is -0.295 e. The summed E-state index contributed by atoms with van der Waals surface area (Å²) in [4.78, 5) is 28.8. The number of amides is 1. The molecule has 5 nitrogen and oxygen atoms in total. The van der Waals surface area contributed by atoms with E-state index in [1.165, 1.54) is 28.0 Å². The minimum atomic E-state index is -0.165. The average Bonchev–Trinajstić information content (AvgIpc) is 3.50. The Morgan fingerprint density at radius 2 is 1.52 bits per heavy atom. The maximum Gasteiger partial charge on any atom is 0.270 e. The van der Waals surface area contributed by atoms with E-state index in [1.54, 1.807) is 28.2 Å². The third-order valence-electron chi connectivity index (χ3n) is 6.47. The number of rotatable bonds is 8. The number of benzene rings is 3. The van der Waals surface area contributed by atoms with Crippen molar-refractivity contribution in [3.05, 3.63) is 128 Å². The fourth-order valence-electron chi connectivity index (χ4n) is 4.62. The van der Waals surface area contributed by atoms with Crippen molar-refractivity contribution in [1.82, 2.24) is 4.57 Å². The molecule has 5 aromatic rings. The van der Waals surface area contributed by atoms with Crippen molar-refractivity contribution in [3.63, 3.8) is 0 Å². The molecule has 0 bridgehead atoms. The molecular formula is C33H30N3O2S2+. The van der Waals surface area contributed by atoms with Gasteiger partial charge < -0.3 is 0 Å². The molecule has 0 N–H and O–H groups in total. The predicted molar refractivity (Wildman–Crippen MR) is 167 cm³/mol. The van der Waals surface area contributed by atoms with Crippen LogP contribution in [0.2, 0.25) is 0 Å². The molecule has 2 aromatic heterocycles. The summed E-state index contributed by atoms with van der Waals surface area (Å²) in [5.74, 6) is -0.165. The van der Waals surface area contributed by atoms with Crippen molar-refractivity contribution >= 4 is 46.5 Å². The smallest absolute Gasteiger partial charge is 0.270 e. The van der Waals surface area contributed by atoms with Gasteiger partial charge in [0.1, 0.15) is 20.6 Å². The quantitative estimate of drug-likeness (QED) is 0.187. The number of allylic oxidation sites excluding steroid dienone is 1. The van der Waals surface area contributed by atoms with Crippen LogP contribution in [0.15, 0.2) is 108 Å². The second-order valence-electron chi connectivity index (χ2n) is 9.10. The standard InChI is InChI=1S/C33H30N3O2S2/c1-4-21-35-30(39-28(33(35)38)23-36(24(3)37)27-19-13-8-14-20-27)22-29-34(5-2)31(25-15-9-6-10-16-25)32(40-29)26-17-11-7-12-18-26/h4,6-20,22-23H,1,5,21H2,2-3H3/q+1/b28-23-. The molecule has 0 saturated carbocycles. The Bertz CT molecular complexity index is 1820. The number of para-hydroxylation sites is 1. The van der Waals surface area contributed by atoms with E-state index in [9.17, 15) is 9.59 Å². The van der Waals surface area contributed by atoms with E-state index in [1.807, 2.05) is 42.5 Å². The normalized spacial score (nSPS) is 12.1. The Kier molecular flexibility index (Phi) is 8.34. The van der Waals surface area contributed by atoms with E-state index in [2.05, 4.69) is 72.7 Å². The second kappa shape index (κ2) is 12.2. The van der Waals surface area contributed by atoms with Crippen LogP contribution in [-0.4, -0.2) is 10.5 Å². The summed E-state index contributed by atoms with van der Waals surface area (Å²) in [6.45, 7) is 8.65. The van der Waals surface area contributed by atoms with Gasteiger partial charge in [0.15, 0.2) is 0 Å². The second-order valence-corrected chi connectivity index (χ2v) is 11.2. The largest absolute Gasteiger partial charge is 0.295 e. The summed E-state index contributed by atoms with van der Waals surface area (Å²) >= 11 is 3.09. The summed E-state index contributed by atoms with van der Waals surface area (Å²) < 4.78 is 5.31. The Balaban J connectivity index is 1.75. The summed E-state index contributed by atoms with van der Waals surface area (Å²) in [7, 11) is 0. The first-order valence-corrected chi connectivity index (χ1v) is 14.7. The zero-order chi connectivity index (χ0) is 28.1. The fraction of sp³-hybridized carbons (Fsp3) is 0.121. The molecule has 200 valence electrons. The molecule has 0 aliphatic rings. The van der Waals surface area contributed by atoms with E-state index in [4.69, 9.17) is 0 Å². The lowest BCUT2D eigenvalue weighted by Gasteiger charge is -2.15. The van der Waals surface area contributed by atoms with Gasteiger partial charge in [0.25, 0.3) is 10.6 Å². The number of hydrogen-bond donors (Lipinski definition) is 0. The Hall–Kier alpha value is -4.33. The molecule has 0 fully saturated rings. The lowest BCUT2D eigenvalue weighted by molar-refractivity contribution is -0.679. The van der Waals surface area contributed by atoms with E-state index >= 15 is 0 Å². The molecule has 0 spiro atoms. The van der Waals surface area contributed by atoms with Crippen LogP contribution in [0.5, 0.6) is 0 Å². The van der Waals surface area contributed by atoms with Gasteiger partial charge in [-0.25, -0.2) is 0 Å². The van der Waals surface area contributed by atoms with E-state index in [0.717, 1.165) is 33.0 Å². The van der Waals surface area contributed by atoms with Crippen LogP contribution < -0.4 is 24.2 Å². The molecule has 0 aliphatic heterocycles. The van der Waals surface area contributed by atoms with Gasteiger partial charge in [0.2, 0.25) is 11.6 Å². The highest BCUT2D eigenvalue weighted by Crippen LogP contribution is 2.36. The predicted octanol–water partition coefficient (Wildman–Crippen LogP) is 5.42. The molecule has 1 amide bonds. The van der Waals surface area contributed by atoms with Crippen LogP contribution in [0.25, 0.3) is 34.0 Å². The summed E-state index contributed by atoms with van der Waals surface area (Å²) in [6, 6.07) is 30.2. The van der Waals surface area contributed by atoms with Gasteiger partial charge in [-0.15, -0.1) is 17.9 Å². The van der Waals surface area contributed by atoms with Crippen molar-refractivity contribution in [2.75, 3.05) is 4.90 Å². The maximum atomic E-state index is 13.6. The van der Waals surface area contributed by atoms with Crippen LogP contribution in [0, 0.1) is 0 Å². The molecule has 0 atom stereocenters. The zero-order valence-electron chi connectivity index (χ0n) is 22.5. The van der Waals surface area contributed by atoms with Crippen molar-refractivity contribution in [2.24, 2.45) is 0 Å². The van der Waals surface area contributed by atoms with E-state index in [-0.39, 0.29) is 11.5 Å². The first kappa shape index (κ1) is 27.2. The van der Waals surface area contributed by atoms with Crippen molar-refractivity contribution in [3.8, 4) is 21.7 Å². The van der Waals surface area contributed by atoms with Gasteiger partial charge in [0, 0.05) is 30.9 Å². The van der Waals surface area contributed by atoms with E-state index < -0.39 is 0 Å². The fourth-order valence-corrected chi connectivity index (χ4v) is 7.01. The molecule has 0 unspecified atom stereocenters. The number of nitrogens with zero attached hydrogens (tertiary/aromatic N) is 3. The molecule has 0 aliphatic carbocycles. The van der Waals surface area contributed by atoms with Crippen LogP contribution >= 0.6 is 22.7 Å². The van der Waals surface area contributed by atoms with Crippen molar-refractivity contribution in [1.29, 1.82) is 0 Å². The number of carbonyl (C=O) groups excluding carboxylic acids is 1. The third-order valence-corrected chi connectivity index (χ3v) is 8.70. The van der Waals surface area contributed by atoms with Crippen molar-refractivity contribution in [2.45, 2.75) is 26.9 Å². The van der Waals surface area contributed by atoms with E-state index in [0.29, 0.717) is 16.8 Å². The van der Waals surface area contributed by atoms with Gasteiger partial charge in [0.05, 0.1) is 6.08 Å². The number of hydrogen-bond acceptors (Lipinski definition) is 4. The van der Waals surface area contributed by atoms with Crippen LogP contribution in [0.4, 0.5) is 5.69 Å². The molecule has 2 heterocycles. The third kappa shape index (κ3) is 5.52. The average molecular weight is 565 g/mol. The van der Waals surface area contributed by atoms with Crippen LogP contribution in [0.3, 0.4) is 0 Å². The molecule has 0 saturated heterocycles. The monoisotopic (exact) mass is 564 g/mol. The lowest BCUT2D eigenvalue weighted by Crippen LogP contribution is -2.37. The number of thiazole rings is 2. The van der Waals surface area contributed by atoms with Gasteiger partial charge >= 0.3 is 0 Å². The summed E-state index contributed by atoms with van der Waals surface area (Å²) in [6.07, 6.45) is 5.46. The molecule has 7 heteroatoms. The highest BCUT2D eigenvalue weighted by Gasteiger charge is 2.27. The first-order valence-electron chi connectivity index (χ1n) is 13.1. The van der Waals surface area contributed by atoms with Gasteiger partial charge in [-0.2, -0.15) is 4.57 Å². The highest BCUT2D eigenvalue weighted by atomic mass is 32.1. The zero-order valence-corrected chi connectivity index (χ0v) is 24.1. The summed E-state index contributed by atoms with van der Waals surface area (Å²) in [5.41, 5.74) is 4.01. The minimum absolute atomic E-state index is 0.149. The molecule has 0 radical (unpaired) electrons. The maximum absolute atomic E-state index is 13.6. The summed E-state index contributed by atoms with van der Waals surface area (Å²) in [5, 5.41) is 1.04. The highest BCUT2D eigenvalue weighted by molar-refractivity contribution is 7.16. The first-order chi connectivity index (χ1) is 19.5. The molecule has 3 aromatic carbocycles. The number of anilines is 1. The van der Waals surface area contributed by atoms with Gasteiger partial charge in [-0.1, -0.05) is 84.1 Å². The Morgan fingerprint density at radius 3 is 2.10 bits per heavy atom. The van der Waals surface area contributed by atoms with Gasteiger partial charge in [-0.05, 0) is 36.8 Å². The topological polar surface area (TPSA) is 46.2 Å². The lowest BCUT2D eigenvalue weighted by atomic mass is 10.1. The Labute approximate surface area is 241 Å². The van der Waals surface area contributed by atoms with Crippen LogP contribution in [-0.2, 0) is 17.9 Å². The molecule has 5 rings (SSSR count).